The van der Waals surface area contributed by atoms with Gasteiger partial charge in [0.2, 0.25) is 0 Å². The number of nitrogens with zero attached hydrogens (tertiary/aromatic N) is 2. The van der Waals surface area contributed by atoms with Gasteiger partial charge in [0.25, 0.3) is 11.8 Å². The highest BCUT2D eigenvalue weighted by atomic mass is 35.5. The lowest BCUT2D eigenvalue weighted by Crippen LogP contribution is -2.53. The molecule has 3 heterocycles. The number of nitrogens with one attached hydrogen (secondary N) is 1. The fourth-order valence-corrected chi connectivity index (χ4v) is 3.16. The Labute approximate surface area is 171 Å². The van der Waals surface area contributed by atoms with E-state index in [4.69, 9.17) is 16.0 Å². The van der Waals surface area contributed by atoms with Gasteiger partial charge in [-0.15, -0.1) is 0 Å². The predicted octanol–water partition coefficient (Wildman–Crippen LogP) is 3.44. The molecule has 146 valence electrons. The lowest BCUT2D eigenvalue weighted by Gasteiger charge is -2.25. The van der Waals surface area contributed by atoms with Crippen LogP contribution in [-0.4, -0.2) is 27.3 Å². The molecular formula is C21H16ClN3O4. The number of benzene rings is 1. The third-order valence-corrected chi connectivity index (χ3v) is 4.75. The fraction of sp³-hybridized carbons (Fsp3) is 0.0952. The van der Waals surface area contributed by atoms with E-state index in [9.17, 15) is 14.4 Å². The highest BCUT2D eigenvalue weighted by molar-refractivity contribution is 6.31. The van der Waals surface area contributed by atoms with Crippen LogP contribution in [0.3, 0.4) is 0 Å². The number of urea groups is 1. The minimum Gasteiger partial charge on any atom is -0.467 e. The van der Waals surface area contributed by atoms with Crippen LogP contribution < -0.4 is 5.32 Å². The summed E-state index contributed by atoms with van der Waals surface area (Å²) in [6.45, 7) is 0.474. The normalized spacial score (nSPS) is 15.8. The van der Waals surface area contributed by atoms with Crippen molar-refractivity contribution in [3.63, 3.8) is 0 Å². The number of imide groups is 2. The van der Waals surface area contributed by atoms with Gasteiger partial charge < -0.3 is 8.98 Å². The Bertz CT molecular complexity index is 1100. The second kappa shape index (κ2) is 7.81. The Kier molecular flexibility index (Phi) is 5.05. The minimum absolute atomic E-state index is 0.0614. The van der Waals surface area contributed by atoms with Gasteiger partial charge in [0.05, 0.1) is 12.8 Å². The average Bonchev–Trinajstić information content (AvgIpc) is 3.36. The van der Waals surface area contributed by atoms with Crippen molar-refractivity contribution in [2.24, 2.45) is 0 Å². The van der Waals surface area contributed by atoms with E-state index >= 15 is 0 Å². The summed E-state index contributed by atoms with van der Waals surface area (Å²) in [6, 6.07) is 13.6. The van der Waals surface area contributed by atoms with Crippen molar-refractivity contribution in [2.45, 2.75) is 13.1 Å². The minimum atomic E-state index is -0.773. The van der Waals surface area contributed by atoms with E-state index in [0.717, 1.165) is 10.5 Å². The molecule has 1 aliphatic rings. The van der Waals surface area contributed by atoms with Gasteiger partial charge in [-0.05, 0) is 48.0 Å². The number of halogens is 1. The molecule has 1 fully saturated rings. The number of carbonyl (C=O) groups is 3. The summed E-state index contributed by atoms with van der Waals surface area (Å²) >= 11 is 5.92. The Hall–Kier alpha value is -3.58. The molecule has 2 aromatic heterocycles. The van der Waals surface area contributed by atoms with Crippen LogP contribution in [0.25, 0.3) is 6.08 Å². The van der Waals surface area contributed by atoms with Crippen molar-refractivity contribution in [3.8, 4) is 0 Å². The quantitative estimate of drug-likeness (QED) is 0.516. The number of barbiturate groups is 1. The highest BCUT2D eigenvalue weighted by Crippen LogP contribution is 2.19. The number of carbonyl (C=O) groups excluding carboxylic acids is 3. The van der Waals surface area contributed by atoms with E-state index in [2.05, 4.69) is 5.32 Å². The van der Waals surface area contributed by atoms with Crippen LogP contribution in [0.1, 0.15) is 17.0 Å². The lowest BCUT2D eigenvalue weighted by molar-refractivity contribution is -0.130. The van der Waals surface area contributed by atoms with Crippen LogP contribution in [0, 0.1) is 0 Å². The largest absolute Gasteiger partial charge is 0.467 e. The standard InChI is InChI=1S/C21H16ClN3O4/c22-15-7-5-14(6-8-15)12-24-9-1-3-16(24)11-18-19(26)23-21(28)25(20(18)27)13-17-4-2-10-29-17/h1-11H,12-13H2,(H,23,26,28)/b18-11-. The highest BCUT2D eigenvalue weighted by Gasteiger charge is 2.36. The van der Waals surface area contributed by atoms with Gasteiger partial charge in [-0.25, -0.2) is 4.79 Å². The van der Waals surface area contributed by atoms with E-state index in [0.29, 0.717) is 23.0 Å². The van der Waals surface area contributed by atoms with Crippen LogP contribution in [0.15, 0.2) is 71.0 Å². The molecule has 0 atom stereocenters. The summed E-state index contributed by atoms with van der Waals surface area (Å²) < 4.78 is 7.10. The number of amides is 4. The number of hydrogen-bond acceptors (Lipinski definition) is 4. The molecule has 1 aromatic carbocycles. The van der Waals surface area contributed by atoms with E-state index < -0.39 is 17.8 Å². The van der Waals surface area contributed by atoms with Crippen molar-refractivity contribution in [1.82, 2.24) is 14.8 Å². The molecular weight excluding hydrogens is 394 g/mol. The molecule has 0 aliphatic carbocycles. The smallest absolute Gasteiger partial charge is 0.331 e. The first-order valence-corrected chi connectivity index (χ1v) is 9.20. The number of hydrogen-bond donors (Lipinski definition) is 1. The Morgan fingerprint density at radius 2 is 1.79 bits per heavy atom. The van der Waals surface area contributed by atoms with E-state index in [1.165, 1.54) is 12.3 Å². The van der Waals surface area contributed by atoms with Crippen LogP contribution in [0.5, 0.6) is 0 Å². The summed E-state index contributed by atoms with van der Waals surface area (Å²) in [6.07, 6.45) is 4.78. The van der Waals surface area contributed by atoms with E-state index in [-0.39, 0.29) is 12.1 Å². The molecule has 7 nitrogen and oxygen atoms in total. The van der Waals surface area contributed by atoms with Crippen molar-refractivity contribution in [1.29, 1.82) is 0 Å². The molecule has 0 saturated carbocycles. The second-order valence-electron chi connectivity index (χ2n) is 6.48. The number of furan rings is 1. The molecule has 1 aliphatic heterocycles. The average molecular weight is 410 g/mol. The molecule has 4 amide bonds. The monoisotopic (exact) mass is 409 g/mol. The molecule has 0 bridgehead atoms. The molecule has 8 heteroatoms. The first kappa shape index (κ1) is 18.8. The zero-order valence-corrected chi connectivity index (χ0v) is 15.9. The van der Waals surface area contributed by atoms with Crippen molar-refractivity contribution in [3.05, 3.63) is 88.6 Å². The van der Waals surface area contributed by atoms with Gasteiger partial charge in [0.15, 0.2) is 0 Å². The first-order chi connectivity index (χ1) is 14.0. The molecule has 29 heavy (non-hydrogen) atoms. The zero-order chi connectivity index (χ0) is 20.4. The van der Waals surface area contributed by atoms with Gasteiger partial charge in [-0.1, -0.05) is 23.7 Å². The molecule has 0 unspecified atom stereocenters. The molecule has 0 radical (unpaired) electrons. The Morgan fingerprint density at radius 3 is 2.52 bits per heavy atom. The summed E-state index contributed by atoms with van der Waals surface area (Å²) in [7, 11) is 0. The van der Waals surface area contributed by atoms with Crippen LogP contribution in [0.4, 0.5) is 4.79 Å². The maximum atomic E-state index is 12.8. The van der Waals surface area contributed by atoms with Crippen molar-refractivity contribution in [2.75, 3.05) is 0 Å². The maximum Gasteiger partial charge on any atom is 0.331 e. The Morgan fingerprint density at radius 1 is 1.00 bits per heavy atom. The number of rotatable bonds is 5. The van der Waals surface area contributed by atoms with Crippen LogP contribution in [-0.2, 0) is 22.7 Å². The molecule has 0 spiro atoms. The summed E-state index contributed by atoms with van der Waals surface area (Å²) in [5.41, 5.74) is 1.55. The fourth-order valence-electron chi connectivity index (χ4n) is 3.03. The summed E-state index contributed by atoms with van der Waals surface area (Å²) in [5, 5.41) is 2.85. The summed E-state index contributed by atoms with van der Waals surface area (Å²) in [4.78, 5) is 38.2. The molecule has 4 rings (SSSR count). The van der Waals surface area contributed by atoms with Gasteiger partial charge in [0, 0.05) is 23.5 Å². The van der Waals surface area contributed by atoms with Gasteiger partial charge in [0.1, 0.15) is 11.3 Å². The zero-order valence-electron chi connectivity index (χ0n) is 15.2. The topological polar surface area (TPSA) is 84.6 Å². The molecule has 3 aromatic rings. The third kappa shape index (κ3) is 4.00. The van der Waals surface area contributed by atoms with Crippen LogP contribution >= 0.6 is 11.6 Å². The van der Waals surface area contributed by atoms with Gasteiger partial charge >= 0.3 is 6.03 Å². The molecule has 1 saturated heterocycles. The Balaban J connectivity index is 1.60. The van der Waals surface area contributed by atoms with Gasteiger partial charge in [-0.3, -0.25) is 19.8 Å². The van der Waals surface area contributed by atoms with Crippen LogP contribution in [0.2, 0.25) is 5.02 Å². The van der Waals surface area contributed by atoms with E-state index in [1.54, 1.807) is 30.3 Å². The third-order valence-electron chi connectivity index (χ3n) is 4.50. The van der Waals surface area contributed by atoms with Crippen molar-refractivity contribution < 1.29 is 18.8 Å². The first-order valence-electron chi connectivity index (χ1n) is 8.82. The second-order valence-corrected chi connectivity index (χ2v) is 6.91. The van der Waals surface area contributed by atoms with Gasteiger partial charge in [-0.2, -0.15) is 0 Å². The predicted molar refractivity (Wildman–Crippen MR) is 106 cm³/mol. The summed E-state index contributed by atoms with van der Waals surface area (Å²) in [5.74, 6) is -0.961. The maximum absolute atomic E-state index is 12.8. The number of aromatic nitrogens is 1. The van der Waals surface area contributed by atoms with E-state index in [1.807, 2.05) is 29.0 Å². The molecule has 1 N–H and O–H groups in total. The SMILES string of the molecule is O=C1NC(=O)N(Cc2ccco2)C(=O)/C1=C\c1cccn1Cc1ccc(Cl)cc1. The lowest BCUT2D eigenvalue weighted by atomic mass is 10.1. The van der Waals surface area contributed by atoms with Crippen molar-refractivity contribution >= 4 is 35.5 Å².